The standard InChI is InChI=1S/C82H120N12O16/c1-91(2,3)53-57-107-79(103)37-33-71(95)83-45-41-75(99)87-49-13-14-50-88(76(100)42-46-84-72(96)34-38-80(104)108-58-54-92(4,5)6)68-27-21-65(22-28-68)62-66-23-31-70(32-24-66)90(78(102)44-48-86-74(98)36-40-82(106)110-60-56-94(10,11)12)52-16-15-51-89(69-29-19-64(20-30-69)61-63-17-25-67(87)26-18-63)77(101)43-47-85-73(97)35-39-81(105)109-59-55-93(7,8)9/h17-32H,13-16,33-62H2,1-12H3/p+4. The van der Waals surface area contributed by atoms with Crippen LogP contribution in [0.1, 0.15) is 125 Å². The number of carbonyl (C=O) groups is 12. The third-order valence-electron chi connectivity index (χ3n) is 18.0. The number of nitrogens with one attached hydrogen (secondary N) is 4. The molecule has 0 saturated heterocycles. The Morgan fingerprint density at radius 3 is 0.627 bits per heavy atom. The lowest BCUT2D eigenvalue weighted by Gasteiger charge is -2.26. The van der Waals surface area contributed by atoms with Crippen molar-refractivity contribution in [2.75, 3.05) is 209 Å². The number of carbonyl (C=O) groups excluding carboxylic acids is 12. The Morgan fingerprint density at radius 2 is 0.455 bits per heavy atom. The molecule has 4 aromatic rings. The number of rotatable bonds is 36. The van der Waals surface area contributed by atoms with Crippen molar-refractivity contribution in [3.05, 3.63) is 119 Å². The first-order valence-electron chi connectivity index (χ1n) is 38.5. The molecule has 7 aliphatic heterocycles. The Kier molecular flexibility index (Phi) is 38.1. The second-order valence-electron chi connectivity index (χ2n) is 32.0. The number of amides is 8. The average molecular weight is 1530 g/mol. The summed E-state index contributed by atoms with van der Waals surface area (Å²) in [5.41, 5.74) is 6.11. The van der Waals surface area contributed by atoms with Crippen molar-refractivity contribution in [3.8, 4) is 0 Å². The molecule has 4 N–H and O–H groups in total. The molecule has 8 bridgehead atoms. The summed E-state index contributed by atoms with van der Waals surface area (Å²) in [5.74, 6) is -4.57. The van der Waals surface area contributed by atoms with Crippen LogP contribution in [0.25, 0.3) is 0 Å². The summed E-state index contributed by atoms with van der Waals surface area (Å²) >= 11 is 0. The number of hydrogen-bond acceptors (Lipinski definition) is 16. The van der Waals surface area contributed by atoms with E-state index >= 15 is 0 Å². The zero-order chi connectivity index (χ0) is 80.9. The summed E-state index contributed by atoms with van der Waals surface area (Å²) in [5, 5.41) is 11.1. The molecule has 28 nitrogen and oxygen atoms in total. The maximum absolute atomic E-state index is 14.4. The third-order valence-corrected chi connectivity index (χ3v) is 18.0. The highest BCUT2D eigenvalue weighted by molar-refractivity contribution is 5.96. The van der Waals surface area contributed by atoms with Crippen molar-refractivity contribution in [1.29, 1.82) is 0 Å². The molecule has 0 fully saturated rings. The molecule has 0 spiro atoms. The Hall–Kier alpha value is -9.64. The maximum Gasteiger partial charge on any atom is 0.306 e. The molecule has 0 unspecified atom stereocenters. The summed E-state index contributed by atoms with van der Waals surface area (Å²) in [6.07, 6.45) is 1.71. The minimum Gasteiger partial charge on any atom is -0.460 e. The zero-order valence-corrected chi connectivity index (χ0v) is 67.4. The maximum atomic E-state index is 14.4. The van der Waals surface area contributed by atoms with Gasteiger partial charge in [-0.05, 0) is 109 Å². The average Bonchev–Trinajstić information content (AvgIpc) is 0.841. The summed E-state index contributed by atoms with van der Waals surface area (Å²) in [4.78, 5) is 166. The van der Waals surface area contributed by atoms with Crippen LogP contribution in [0.3, 0.4) is 0 Å². The SMILES string of the molecule is C[N+](C)(C)CCOC(=O)CCC(=O)NCCC(=O)N1CCCCN(C(=O)CCNC(=O)CCC(=O)OCC[N+](C)(C)C)c2ccc(cc2)Cc2ccc(cc2)N(C(=O)CCNC(=O)CCC(=O)OCC[N+](C)(C)C)CCCCN(C(=O)CCNC(=O)CCC(=O)OCC[N+](C)(C)C)c2ccc(cc2)Cc2ccc1cc2. The first-order valence-corrected chi connectivity index (χ1v) is 38.5. The van der Waals surface area contributed by atoms with Crippen LogP contribution in [0.4, 0.5) is 22.7 Å². The lowest BCUT2D eigenvalue weighted by Crippen LogP contribution is -2.38. The first kappa shape index (κ1) is 91.0. The predicted molar refractivity (Wildman–Crippen MR) is 422 cm³/mol. The molecule has 0 aliphatic carbocycles. The molecule has 0 saturated carbocycles. The fraction of sp³-hybridized carbons (Fsp3) is 0.561. The Morgan fingerprint density at radius 1 is 0.273 bits per heavy atom. The monoisotopic (exact) mass is 1530 g/mol. The number of nitrogens with zero attached hydrogens (tertiary/aromatic N) is 8. The topological polar surface area (TPSA) is 303 Å². The van der Waals surface area contributed by atoms with Crippen LogP contribution in [-0.2, 0) is 89.3 Å². The predicted octanol–water partition coefficient (Wildman–Crippen LogP) is 5.62. The molecule has 604 valence electrons. The molecule has 7 aliphatic rings. The molecular formula is C82H124N12O16+4. The number of esters is 4. The molecule has 8 amide bonds. The van der Waals surface area contributed by atoms with E-state index in [1.807, 2.05) is 182 Å². The fourth-order valence-corrected chi connectivity index (χ4v) is 11.3. The second-order valence-corrected chi connectivity index (χ2v) is 32.0. The van der Waals surface area contributed by atoms with Gasteiger partial charge < -0.3 is 77.7 Å². The third kappa shape index (κ3) is 38.1. The van der Waals surface area contributed by atoms with E-state index in [0.29, 0.717) is 105 Å². The van der Waals surface area contributed by atoms with Crippen LogP contribution in [0.2, 0.25) is 0 Å². The normalized spacial score (nSPS) is 13.4. The molecule has 28 heteroatoms. The number of ether oxygens (including phenoxy) is 4. The summed E-state index contributed by atoms with van der Waals surface area (Å²) < 4.78 is 23.7. The van der Waals surface area contributed by atoms with E-state index in [0.717, 1.165) is 22.3 Å². The molecule has 11 rings (SSSR count). The van der Waals surface area contributed by atoms with Gasteiger partial charge in [0, 0.05) is 126 Å². The second kappa shape index (κ2) is 46.1. The molecule has 110 heavy (non-hydrogen) atoms. The highest BCUT2D eigenvalue weighted by Crippen LogP contribution is 2.26. The highest BCUT2D eigenvalue weighted by atomic mass is 16.5. The van der Waals surface area contributed by atoms with Gasteiger partial charge in [0.1, 0.15) is 52.6 Å². The van der Waals surface area contributed by atoms with E-state index < -0.39 is 47.5 Å². The molecule has 0 aromatic heterocycles. The van der Waals surface area contributed by atoms with Gasteiger partial charge in [-0.25, -0.2) is 0 Å². The van der Waals surface area contributed by atoms with Crippen molar-refractivity contribution in [2.24, 2.45) is 0 Å². The van der Waals surface area contributed by atoms with Gasteiger partial charge in [-0.3, -0.25) is 57.5 Å². The van der Waals surface area contributed by atoms with E-state index in [9.17, 15) is 57.5 Å². The van der Waals surface area contributed by atoms with E-state index in [2.05, 4.69) is 21.3 Å². The van der Waals surface area contributed by atoms with E-state index in [-0.39, 0.29) is 179 Å². The van der Waals surface area contributed by atoms with Crippen molar-refractivity contribution < 1.29 is 94.4 Å². The number of hydrogen-bond donors (Lipinski definition) is 4. The van der Waals surface area contributed by atoms with E-state index in [4.69, 9.17) is 18.9 Å². The molecule has 4 aromatic carbocycles. The number of benzene rings is 4. The van der Waals surface area contributed by atoms with Crippen molar-refractivity contribution in [3.63, 3.8) is 0 Å². The van der Waals surface area contributed by atoms with Gasteiger partial charge in [0.2, 0.25) is 47.3 Å². The molecule has 0 radical (unpaired) electrons. The van der Waals surface area contributed by atoms with Gasteiger partial charge in [0.25, 0.3) is 0 Å². The van der Waals surface area contributed by atoms with Gasteiger partial charge in [-0.1, -0.05) is 48.5 Å². The highest BCUT2D eigenvalue weighted by Gasteiger charge is 2.25. The number of likely N-dealkylation sites (N-methyl/N-ethyl adjacent to an activating group) is 4. The number of quaternary nitrogens is 4. The summed E-state index contributed by atoms with van der Waals surface area (Å²) in [6.45, 7) is 4.40. The number of anilines is 4. The Balaban J connectivity index is 1.42. The Labute approximate surface area is 650 Å². The van der Waals surface area contributed by atoms with E-state index in [1.165, 1.54) is 0 Å². The minimum absolute atomic E-state index is 0.0158. The van der Waals surface area contributed by atoms with Crippen molar-refractivity contribution in [2.45, 2.75) is 116 Å². The van der Waals surface area contributed by atoms with Crippen LogP contribution in [0, 0.1) is 0 Å². The first-order chi connectivity index (χ1) is 52.0. The molecular weight excluding hydrogens is 1410 g/mol. The van der Waals surface area contributed by atoms with Gasteiger partial charge in [-0.15, -0.1) is 0 Å². The lowest BCUT2D eigenvalue weighted by atomic mass is 10.0. The van der Waals surface area contributed by atoms with Gasteiger partial charge >= 0.3 is 23.9 Å². The Bertz CT molecular complexity index is 3170. The largest absolute Gasteiger partial charge is 0.460 e. The quantitative estimate of drug-likeness (QED) is 0.0244. The van der Waals surface area contributed by atoms with Gasteiger partial charge in [-0.2, -0.15) is 0 Å². The van der Waals surface area contributed by atoms with Gasteiger partial charge in [0.15, 0.2) is 0 Å². The molecule has 0 atom stereocenters. The van der Waals surface area contributed by atoms with E-state index in [1.54, 1.807) is 19.6 Å². The van der Waals surface area contributed by atoms with Crippen molar-refractivity contribution >= 4 is 93.9 Å². The lowest BCUT2D eigenvalue weighted by molar-refractivity contribution is -0.870. The smallest absolute Gasteiger partial charge is 0.306 e. The molecule has 7 heterocycles. The van der Waals surface area contributed by atoms with Gasteiger partial charge in [0.05, 0.1) is 110 Å². The summed E-state index contributed by atoms with van der Waals surface area (Å²) in [6, 6.07) is 30.3. The zero-order valence-electron chi connectivity index (χ0n) is 67.4. The minimum atomic E-state index is -0.484. The van der Waals surface area contributed by atoms with Crippen LogP contribution < -0.4 is 40.9 Å². The summed E-state index contributed by atoms with van der Waals surface area (Å²) in [7, 11) is 23.8. The van der Waals surface area contributed by atoms with Crippen LogP contribution in [-0.4, -0.2) is 279 Å². The van der Waals surface area contributed by atoms with Crippen LogP contribution in [0.5, 0.6) is 0 Å². The fourth-order valence-electron chi connectivity index (χ4n) is 11.3. The van der Waals surface area contributed by atoms with Crippen LogP contribution >= 0.6 is 0 Å². The van der Waals surface area contributed by atoms with Crippen LogP contribution in [0.15, 0.2) is 97.1 Å². The van der Waals surface area contributed by atoms with Crippen molar-refractivity contribution in [1.82, 2.24) is 21.3 Å².